The molecule has 0 spiro atoms. The first kappa shape index (κ1) is 26.5. The number of para-hydroxylation sites is 2. The van der Waals surface area contributed by atoms with E-state index in [9.17, 15) is 0 Å². The van der Waals surface area contributed by atoms with Crippen molar-refractivity contribution in [3.63, 3.8) is 0 Å². The Labute approximate surface area is 214 Å². The van der Waals surface area contributed by atoms with E-state index in [4.69, 9.17) is 22.1 Å². The minimum Gasteiger partial charge on any atom is -0.590 e. The van der Waals surface area contributed by atoms with Gasteiger partial charge < -0.3 is 15.2 Å². The van der Waals surface area contributed by atoms with Crippen LogP contribution in [0.25, 0.3) is 11.4 Å². The molecule has 9 heteroatoms. The minimum absolute atomic E-state index is 0. The van der Waals surface area contributed by atoms with Gasteiger partial charge in [-0.05, 0) is 60.7 Å². The number of thiocarbonyl (C=S) groups is 1. The molecular weight excluding hydrogens is 498 g/mol. The second-order valence-electron chi connectivity index (χ2n) is 6.54. The zero-order valence-electron chi connectivity index (χ0n) is 18.3. The third-order valence-corrected chi connectivity index (χ3v) is 4.47. The van der Waals surface area contributed by atoms with E-state index < -0.39 is 0 Å². The van der Waals surface area contributed by atoms with Gasteiger partial charge in [-0.2, -0.15) is 5.10 Å². The van der Waals surface area contributed by atoms with Gasteiger partial charge in [0.25, 0.3) is 0 Å². The predicted octanol–water partition coefficient (Wildman–Crippen LogP) is 4.59. The fraction of sp³-hybridized carbons (Fsp3) is 0.0400. The fourth-order valence-corrected chi connectivity index (χ4v) is 2.87. The van der Waals surface area contributed by atoms with Gasteiger partial charge in [0.1, 0.15) is 0 Å². The largest absolute Gasteiger partial charge is 2.00 e. The molecule has 1 radical (unpaired) electrons. The van der Waals surface area contributed by atoms with Gasteiger partial charge in [0.2, 0.25) is 5.75 Å². The van der Waals surface area contributed by atoms with Gasteiger partial charge in [-0.25, -0.2) is 0 Å². The van der Waals surface area contributed by atoms with E-state index in [-0.39, 0.29) is 22.8 Å². The summed E-state index contributed by atoms with van der Waals surface area (Å²) in [5.74, 6) is 0.788. The minimum atomic E-state index is 0. The van der Waals surface area contributed by atoms with Crippen LogP contribution in [0.3, 0.4) is 0 Å². The molecule has 0 amide bonds. The molecule has 7 nitrogen and oxygen atoms in total. The van der Waals surface area contributed by atoms with Crippen molar-refractivity contribution < 1.29 is 26.9 Å². The van der Waals surface area contributed by atoms with Crippen LogP contribution in [-0.4, -0.2) is 33.5 Å². The van der Waals surface area contributed by atoms with Crippen molar-refractivity contribution in [1.29, 1.82) is 0 Å². The monoisotopic (exact) mass is 521 g/mol. The molecule has 4 aromatic rings. The molecular formula is C25H24CuN5O2S+3. The normalized spacial score (nSPS) is 9.79. The molecule has 0 unspecified atom stereocenters. The Bertz CT molecular complexity index is 1140. The number of methoxy groups -OCH3 is 1. The van der Waals surface area contributed by atoms with Crippen LogP contribution in [0.4, 0.5) is 5.69 Å². The van der Waals surface area contributed by atoms with E-state index in [1.54, 1.807) is 30.6 Å². The molecule has 0 saturated heterocycles. The molecule has 2 heterocycles. The molecule has 2 aromatic carbocycles. The smallest absolute Gasteiger partial charge is 0.590 e. The molecule has 0 aliphatic heterocycles. The number of hydrogen-bond donors (Lipinski definition) is 2. The van der Waals surface area contributed by atoms with Gasteiger partial charge in [-0.15, -0.1) is 0 Å². The molecule has 2 aromatic heterocycles. The van der Waals surface area contributed by atoms with Crippen molar-refractivity contribution in [1.82, 2.24) is 15.4 Å². The number of nitrogens with one attached hydrogen (secondary N) is 2. The van der Waals surface area contributed by atoms with E-state index in [0.717, 1.165) is 17.1 Å². The van der Waals surface area contributed by atoms with Crippen LogP contribution in [0.15, 0.2) is 102 Å². The number of ether oxygens (including phenoxy) is 1. The molecule has 0 atom stereocenters. The first-order valence-corrected chi connectivity index (χ1v) is 10.4. The third kappa shape index (κ3) is 8.29. The number of benzene rings is 2. The van der Waals surface area contributed by atoms with Gasteiger partial charge in [-0.1, -0.05) is 36.4 Å². The van der Waals surface area contributed by atoms with E-state index in [2.05, 4.69) is 25.8 Å². The van der Waals surface area contributed by atoms with Crippen molar-refractivity contribution in [2.75, 3.05) is 12.4 Å². The molecule has 34 heavy (non-hydrogen) atoms. The van der Waals surface area contributed by atoms with E-state index in [0.29, 0.717) is 16.4 Å². The number of aromatic nitrogens is 2. The summed E-state index contributed by atoms with van der Waals surface area (Å²) in [6.07, 6.45) is 5.07. The van der Waals surface area contributed by atoms with Crippen LogP contribution >= 0.6 is 12.2 Å². The summed E-state index contributed by atoms with van der Waals surface area (Å²) < 4.78 is 5.08. The summed E-state index contributed by atoms with van der Waals surface area (Å²) in [7, 11) is 1.53. The standard InChI is InChI=1S/C15H15N3O2S.C10H8N2.Cu/c1-20-13-9-5-6-11(14(13)19)10-16-18-15(21)17-12-7-3-2-4-8-12;1-3-7-11-9(5-1)10-6-2-4-8-12-10;/h2-10,19H,1H3,(H2,17,18,21);1-8H;/q;;+2/p+1. The predicted molar refractivity (Wildman–Crippen MR) is 137 cm³/mol. The molecule has 0 fully saturated rings. The molecule has 175 valence electrons. The van der Waals surface area contributed by atoms with E-state index in [1.807, 2.05) is 66.7 Å². The molecule has 0 bridgehead atoms. The summed E-state index contributed by atoms with van der Waals surface area (Å²) in [4.78, 5) is 8.37. The second-order valence-corrected chi connectivity index (χ2v) is 6.95. The number of pyridine rings is 2. The maximum atomic E-state index is 7.92. The quantitative estimate of drug-likeness (QED) is 0.131. The van der Waals surface area contributed by atoms with Crippen molar-refractivity contribution in [2.45, 2.75) is 0 Å². The fourth-order valence-electron chi connectivity index (χ4n) is 2.70. The summed E-state index contributed by atoms with van der Waals surface area (Å²) >= 11 is 5.13. The SMILES string of the molecule is COc1cccc(C=NNC(=S)Nc2ccccc2)c1[OH2+].[Cu+2].c1ccc(-c2ccccn2)nc1. The zero-order chi connectivity index (χ0) is 23.3. The molecule has 0 aliphatic rings. The average molecular weight is 522 g/mol. The Kier molecular flexibility index (Phi) is 11.2. The van der Waals surface area contributed by atoms with Crippen molar-refractivity contribution in [2.24, 2.45) is 5.10 Å². The Morgan fingerprint density at radius 2 is 1.50 bits per heavy atom. The maximum Gasteiger partial charge on any atom is 2.00 e. The van der Waals surface area contributed by atoms with Crippen molar-refractivity contribution in [3.05, 3.63) is 103 Å². The van der Waals surface area contributed by atoms with Crippen LogP contribution in [0.1, 0.15) is 5.56 Å². The van der Waals surface area contributed by atoms with E-state index >= 15 is 0 Å². The Hall–Kier alpha value is -3.78. The van der Waals surface area contributed by atoms with Gasteiger partial charge in [-0.3, -0.25) is 15.4 Å². The number of nitrogens with zero attached hydrogens (tertiary/aromatic N) is 3. The number of rotatable bonds is 5. The number of hydrogen-bond acceptors (Lipinski definition) is 5. The van der Waals surface area contributed by atoms with Crippen LogP contribution in [0.2, 0.25) is 0 Å². The molecule has 0 aliphatic carbocycles. The first-order valence-electron chi connectivity index (χ1n) is 10.0. The van der Waals surface area contributed by atoms with Crippen LogP contribution in [0.5, 0.6) is 11.5 Å². The van der Waals surface area contributed by atoms with Gasteiger partial charge in [0.05, 0.1) is 30.3 Å². The topological polar surface area (TPSA) is 94.3 Å². The summed E-state index contributed by atoms with van der Waals surface area (Å²) in [6, 6.07) is 26.5. The van der Waals surface area contributed by atoms with Gasteiger partial charge >= 0.3 is 22.8 Å². The van der Waals surface area contributed by atoms with Crippen LogP contribution in [0, 0.1) is 0 Å². The summed E-state index contributed by atoms with van der Waals surface area (Å²) in [6.45, 7) is 0. The maximum absolute atomic E-state index is 7.92. The molecule has 0 saturated carbocycles. The van der Waals surface area contributed by atoms with Crippen molar-refractivity contribution in [3.8, 4) is 22.9 Å². The number of anilines is 1. The Morgan fingerprint density at radius 3 is 2.06 bits per heavy atom. The summed E-state index contributed by atoms with van der Waals surface area (Å²) in [5, 5.41) is 15.3. The van der Waals surface area contributed by atoms with Crippen molar-refractivity contribution >= 4 is 29.2 Å². The van der Waals surface area contributed by atoms with Gasteiger partial charge in [0, 0.05) is 18.1 Å². The van der Waals surface area contributed by atoms with E-state index in [1.165, 1.54) is 13.3 Å². The number of hydrazone groups is 1. The summed E-state index contributed by atoms with van der Waals surface area (Å²) in [5.41, 5.74) is 6.06. The second kappa shape index (κ2) is 14.4. The molecule has 4 N–H and O–H groups in total. The molecule has 4 rings (SSSR count). The van der Waals surface area contributed by atoms with Crippen LogP contribution < -0.4 is 15.5 Å². The first-order chi connectivity index (χ1) is 16.2. The Morgan fingerprint density at radius 1 is 0.882 bits per heavy atom. The zero-order valence-corrected chi connectivity index (χ0v) is 20.0. The third-order valence-electron chi connectivity index (χ3n) is 4.27. The Balaban J connectivity index is 0.000000266. The van der Waals surface area contributed by atoms with Crippen LogP contribution in [-0.2, 0) is 17.1 Å². The van der Waals surface area contributed by atoms with Gasteiger partial charge in [0.15, 0.2) is 5.11 Å². The average Bonchev–Trinajstić information content (AvgIpc) is 2.87.